The molecule has 0 spiro atoms. The molecular formula is C11H18N4S. The molecule has 0 aliphatic carbocycles. The van der Waals surface area contributed by atoms with E-state index in [0.29, 0.717) is 11.9 Å². The van der Waals surface area contributed by atoms with Crippen molar-refractivity contribution in [2.45, 2.75) is 37.4 Å². The monoisotopic (exact) mass is 238 g/mol. The van der Waals surface area contributed by atoms with Crippen LogP contribution >= 0.6 is 11.8 Å². The van der Waals surface area contributed by atoms with Crippen molar-refractivity contribution in [3.63, 3.8) is 0 Å². The Morgan fingerprint density at radius 3 is 2.94 bits per heavy atom. The molecule has 1 atom stereocenters. The highest BCUT2D eigenvalue weighted by molar-refractivity contribution is 7.98. The summed E-state index contributed by atoms with van der Waals surface area (Å²) in [6.45, 7) is 3.32. The zero-order valence-electron chi connectivity index (χ0n) is 9.81. The number of aromatic nitrogens is 2. The van der Waals surface area contributed by atoms with Crippen LogP contribution in [0.4, 0.5) is 11.6 Å². The predicted octanol–water partition coefficient (Wildman–Crippen LogP) is 2.16. The van der Waals surface area contributed by atoms with Crippen LogP contribution in [0.15, 0.2) is 11.2 Å². The number of rotatable bonds is 2. The molecule has 0 saturated carbocycles. The van der Waals surface area contributed by atoms with Crippen LogP contribution in [0.1, 0.15) is 26.2 Å². The van der Waals surface area contributed by atoms with Crippen LogP contribution in [0.2, 0.25) is 0 Å². The summed E-state index contributed by atoms with van der Waals surface area (Å²) >= 11 is 1.53. The quantitative estimate of drug-likeness (QED) is 0.632. The SMILES string of the molecule is CSc1nc(N)cc(N2CCCCC2C)n1. The van der Waals surface area contributed by atoms with Gasteiger partial charge in [0.2, 0.25) is 0 Å². The molecule has 0 bridgehead atoms. The Hall–Kier alpha value is -0.970. The first-order chi connectivity index (χ1) is 7.70. The average molecular weight is 238 g/mol. The molecular weight excluding hydrogens is 220 g/mol. The van der Waals surface area contributed by atoms with Crippen molar-refractivity contribution >= 4 is 23.4 Å². The van der Waals surface area contributed by atoms with Crippen molar-refractivity contribution < 1.29 is 0 Å². The smallest absolute Gasteiger partial charge is 0.191 e. The van der Waals surface area contributed by atoms with Gasteiger partial charge in [0.05, 0.1) is 0 Å². The van der Waals surface area contributed by atoms with Gasteiger partial charge in [-0.3, -0.25) is 0 Å². The van der Waals surface area contributed by atoms with E-state index < -0.39 is 0 Å². The summed E-state index contributed by atoms with van der Waals surface area (Å²) in [6.07, 6.45) is 5.76. The summed E-state index contributed by atoms with van der Waals surface area (Å²) in [5.74, 6) is 1.54. The third-order valence-corrected chi connectivity index (χ3v) is 3.54. The lowest BCUT2D eigenvalue weighted by atomic mass is 10.0. The fraction of sp³-hybridized carbons (Fsp3) is 0.636. The topological polar surface area (TPSA) is 55.0 Å². The van der Waals surface area contributed by atoms with Crippen LogP contribution in [-0.2, 0) is 0 Å². The van der Waals surface area contributed by atoms with E-state index >= 15 is 0 Å². The van der Waals surface area contributed by atoms with Gasteiger partial charge < -0.3 is 10.6 Å². The molecule has 1 aromatic rings. The summed E-state index contributed by atoms with van der Waals surface area (Å²) in [5.41, 5.74) is 5.80. The minimum absolute atomic E-state index is 0.553. The van der Waals surface area contributed by atoms with E-state index in [1.807, 2.05) is 12.3 Å². The van der Waals surface area contributed by atoms with Gasteiger partial charge in [0.1, 0.15) is 11.6 Å². The van der Waals surface area contributed by atoms with E-state index in [1.165, 1.54) is 31.0 Å². The number of nitrogen functional groups attached to an aromatic ring is 1. The lowest BCUT2D eigenvalue weighted by molar-refractivity contribution is 0.480. The fourth-order valence-electron chi connectivity index (χ4n) is 2.11. The van der Waals surface area contributed by atoms with Crippen molar-refractivity contribution in [3.05, 3.63) is 6.07 Å². The summed E-state index contributed by atoms with van der Waals surface area (Å²) in [4.78, 5) is 11.0. The molecule has 1 saturated heterocycles. The zero-order valence-corrected chi connectivity index (χ0v) is 10.6. The van der Waals surface area contributed by atoms with Gasteiger partial charge in [-0.2, -0.15) is 0 Å². The first-order valence-electron chi connectivity index (χ1n) is 5.66. The summed E-state index contributed by atoms with van der Waals surface area (Å²) in [6, 6.07) is 2.43. The van der Waals surface area contributed by atoms with Crippen LogP contribution in [0.5, 0.6) is 0 Å². The molecule has 88 valence electrons. The minimum atomic E-state index is 0.553. The van der Waals surface area contributed by atoms with E-state index in [4.69, 9.17) is 5.73 Å². The average Bonchev–Trinajstić information content (AvgIpc) is 2.28. The minimum Gasteiger partial charge on any atom is -0.383 e. The second-order valence-electron chi connectivity index (χ2n) is 4.18. The molecule has 1 fully saturated rings. The molecule has 2 rings (SSSR count). The maximum absolute atomic E-state index is 5.80. The highest BCUT2D eigenvalue weighted by Gasteiger charge is 2.20. The Balaban J connectivity index is 2.27. The fourth-order valence-corrected chi connectivity index (χ4v) is 2.49. The van der Waals surface area contributed by atoms with E-state index in [1.54, 1.807) is 0 Å². The number of hydrogen-bond donors (Lipinski definition) is 1. The van der Waals surface area contributed by atoms with Crippen LogP contribution in [-0.4, -0.2) is 28.8 Å². The number of anilines is 2. The molecule has 1 unspecified atom stereocenters. The predicted molar refractivity (Wildman–Crippen MR) is 68.9 cm³/mol. The molecule has 1 aromatic heterocycles. The normalized spacial score (nSPS) is 21.1. The molecule has 16 heavy (non-hydrogen) atoms. The molecule has 0 amide bonds. The number of piperidine rings is 1. The largest absolute Gasteiger partial charge is 0.383 e. The van der Waals surface area contributed by atoms with Gasteiger partial charge in [-0.05, 0) is 32.4 Å². The van der Waals surface area contributed by atoms with Crippen molar-refractivity contribution in [1.29, 1.82) is 0 Å². The first kappa shape index (κ1) is 11.5. The third kappa shape index (κ3) is 2.40. The zero-order chi connectivity index (χ0) is 11.5. The molecule has 0 aromatic carbocycles. The van der Waals surface area contributed by atoms with Crippen molar-refractivity contribution in [3.8, 4) is 0 Å². The van der Waals surface area contributed by atoms with Gasteiger partial charge in [-0.1, -0.05) is 11.8 Å². The molecule has 2 heterocycles. The highest BCUT2D eigenvalue weighted by Crippen LogP contribution is 2.25. The summed E-state index contributed by atoms with van der Waals surface area (Å²) in [5, 5.41) is 0.757. The van der Waals surface area contributed by atoms with Gasteiger partial charge >= 0.3 is 0 Å². The maximum atomic E-state index is 5.80. The van der Waals surface area contributed by atoms with Crippen LogP contribution in [0.25, 0.3) is 0 Å². The highest BCUT2D eigenvalue weighted by atomic mass is 32.2. The Kier molecular flexibility index (Phi) is 3.53. The van der Waals surface area contributed by atoms with E-state index in [2.05, 4.69) is 21.8 Å². The molecule has 1 aliphatic heterocycles. The lowest BCUT2D eigenvalue weighted by Gasteiger charge is -2.34. The lowest BCUT2D eigenvalue weighted by Crippen LogP contribution is -2.38. The van der Waals surface area contributed by atoms with Gasteiger partial charge in [0, 0.05) is 18.7 Å². The Bertz CT molecular complexity index is 369. The second kappa shape index (κ2) is 4.91. The maximum Gasteiger partial charge on any atom is 0.191 e. The molecule has 4 nitrogen and oxygen atoms in total. The van der Waals surface area contributed by atoms with Crippen LogP contribution in [0.3, 0.4) is 0 Å². The van der Waals surface area contributed by atoms with E-state index in [0.717, 1.165) is 17.5 Å². The summed E-state index contributed by atoms with van der Waals surface area (Å²) in [7, 11) is 0. The number of hydrogen-bond acceptors (Lipinski definition) is 5. The van der Waals surface area contributed by atoms with E-state index in [9.17, 15) is 0 Å². The number of nitrogens with zero attached hydrogens (tertiary/aromatic N) is 3. The Morgan fingerprint density at radius 2 is 2.25 bits per heavy atom. The molecule has 2 N–H and O–H groups in total. The third-order valence-electron chi connectivity index (χ3n) is 2.99. The van der Waals surface area contributed by atoms with Gasteiger partial charge in [-0.15, -0.1) is 0 Å². The second-order valence-corrected chi connectivity index (χ2v) is 4.95. The number of thioether (sulfide) groups is 1. The Morgan fingerprint density at radius 1 is 1.44 bits per heavy atom. The Labute approximate surface area is 101 Å². The van der Waals surface area contributed by atoms with Crippen molar-refractivity contribution in [1.82, 2.24) is 9.97 Å². The molecule has 5 heteroatoms. The van der Waals surface area contributed by atoms with Gasteiger partial charge in [0.15, 0.2) is 5.16 Å². The van der Waals surface area contributed by atoms with Crippen molar-refractivity contribution in [2.24, 2.45) is 0 Å². The van der Waals surface area contributed by atoms with Gasteiger partial charge in [0.25, 0.3) is 0 Å². The number of nitrogens with two attached hydrogens (primary N) is 1. The molecule has 1 aliphatic rings. The summed E-state index contributed by atoms with van der Waals surface area (Å²) < 4.78 is 0. The molecule has 0 radical (unpaired) electrons. The van der Waals surface area contributed by atoms with Crippen molar-refractivity contribution in [2.75, 3.05) is 23.4 Å². The van der Waals surface area contributed by atoms with Crippen LogP contribution < -0.4 is 10.6 Å². The van der Waals surface area contributed by atoms with Gasteiger partial charge in [-0.25, -0.2) is 9.97 Å². The first-order valence-corrected chi connectivity index (χ1v) is 6.88. The van der Waals surface area contributed by atoms with Crippen LogP contribution in [0, 0.1) is 0 Å². The van der Waals surface area contributed by atoms with E-state index in [-0.39, 0.29) is 0 Å². The standard InChI is InChI=1S/C11H18N4S/c1-8-5-3-4-6-15(8)10-7-9(12)13-11(14-10)16-2/h7-8H,3-6H2,1-2H3,(H2,12,13,14).